The Hall–Kier alpha value is -3.84. The van der Waals surface area contributed by atoms with Crippen LogP contribution in [-0.2, 0) is 6.42 Å². The van der Waals surface area contributed by atoms with Crippen LogP contribution < -0.4 is 4.74 Å². The molecule has 0 spiro atoms. The first kappa shape index (κ1) is 22.9. The molecule has 0 aliphatic rings. The number of nitrogens with zero attached hydrogens (tertiary/aromatic N) is 4. The van der Waals surface area contributed by atoms with Crippen LogP contribution in [0.1, 0.15) is 29.9 Å². The van der Waals surface area contributed by atoms with Gasteiger partial charge in [0.1, 0.15) is 22.6 Å². The van der Waals surface area contributed by atoms with Crippen LogP contribution in [0.25, 0.3) is 22.2 Å². The third-order valence-electron chi connectivity index (χ3n) is 6.00. The molecule has 2 aromatic carbocycles. The largest absolute Gasteiger partial charge is 0.481 e. The molecule has 0 bridgehead atoms. The second-order valence-corrected chi connectivity index (χ2v) is 8.59. The molecule has 1 atom stereocenters. The van der Waals surface area contributed by atoms with Gasteiger partial charge in [-0.05, 0) is 48.4 Å². The smallest absolute Gasteiger partial charge is 0.212 e. The fourth-order valence-electron chi connectivity index (χ4n) is 4.19. The van der Waals surface area contributed by atoms with E-state index in [1.54, 1.807) is 48.8 Å². The van der Waals surface area contributed by atoms with E-state index in [-0.39, 0.29) is 11.9 Å². The molecular formula is C27H21ClF2N4O. The maximum atomic E-state index is 15.2. The highest BCUT2D eigenvalue weighted by Crippen LogP contribution is 2.33. The number of hydrogen-bond acceptors (Lipinski definition) is 4. The number of pyridine rings is 2. The lowest BCUT2D eigenvalue weighted by Crippen LogP contribution is -2.11. The molecule has 176 valence electrons. The number of imidazole rings is 1. The first-order chi connectivity index (χ1) is 16.9. The van der Waals surface area contributed by atoms with Crippen LogP contribution in [-0.4, -0.2) is 26.6 Å². The number of rotatable bonds is 6. The van der Waals surface area contributed by atoms with Crippen molar-refractivity contribution in [1.82, 2.24) is 19.5 Å². The fraction of sp³-hybridized carbons (Fsp3) is 0.148. The lowest BCUT2D eigenvalue weighted by molar-refractivity contribution is 0.398. The van der Waals surface area contributed by atoms with Crippen LogP contribution in [0.2, 0.25) is 5.15 Å². The number of methoxy groups -OCH3 is 1. The van der Waals surface area contributed by atoms with E-state index in [0.29, 0.717) is 34.1 Å². The van der Waals surface area contributed by atoms with Crippen LogP contribution in [0.5, 0.6) is 5.88 Å². The van der Waals surface area contributed by atoms with Gasteiger partial charge in [0.15, 0.2) is 0 Å². The highest BCUT2D eigenvalue weighted by atomic mass is 35.5. The highest BCUT2D eigenvalue weighted by Gasteiger charge is 2.20. The molecule has 0 N–H and O–H groups in total. The Kier molecular flexibility index (Phi) is 6.17. The molecule has 0 aliphatic carbocycles. The van der Waals surface area contributed by atoms with Gasteiger partial charge in [0.2, 0.25) is 5.88 Å². The molecule has 0 fully saturated rings. The zero-order chi connectivity index (χ0) is 24.5. The molecule has 0 amide bonds. The lowest BCUT2D eigenvalue weighted by Gasteiger charge is -2.19. The third-order valence-corrected chi connectivity index (χ3v) is 6.22. The minimum Gasteiger partial charge on any atom is -0.481 e. The van der Waals surface area contributed by atoms with Gasteiger partial charge in [0, 0.05) is 42.1 Å². The Balaban J connectivity index is 1.67. The summed E-state index contributed by atoms with van der Waals surface area (Å²) in [5, 5.41) is 0.404. The minimum atomic E-state index is -0.400. The molecule has 35 heavy (non-hydrogen) atoms. The van der Waals surface area contributed by atoms with Gasteiger partial charge in [0.05, 0.1) is 24.2 Å². The van der Waals surface area contributed by atoms with E-state index in [4.69, 9.17) is 21.3 Å². The van der Waals surface area contributed by atoms with Crippen LogP contribution in [0.4, 0.5) is 8.78 Å². The van der Waals surface area contributed by atoms with Gasteiger partial charge in [-0.25, -0.2) is 23.7 Å². The minimum absolute atomic E-state index is 0.192. The predicted octanol–water partition coefficient (Wildman–Crippen LogP) is 6.63. The quantitative estimate of drug-likeness (QED) is 0.250. The molecule has 5 nitrogen and oxygen atoms in total. The van der Waals surface area contributed by atoms with Gasteiger partial charge in [-0.1, -0.05) is 29.8 Å². The molecule has 0 unspecified atom stereocenters. The summed E-state index contributed by atoms with van der Waals surface area (Å²) in [5.74, 6) is 0.470. The average molecular weight is 491 g/mol. The standard InChI is InChI=1S/C27H21ClF2N4O/c1-16(18-4-7-20(29)8-5-18)34-24-12-21(19-6-10-27(35-2)32-15-19)22(30)13-23(24)33-26(34)11-17-3-9-25(28)31-14-17/h3-10,12-16H,11H2,1-2H3/t16-/m0/s1. The number of benzene rings is 2. The number of ether oxygens (including phenoxy) is 1. The summed E-state index contributed by atoms with van der Waals surface area (Å²) in [7, 11) is 1.53. The molecule has 3 aromatic heterocycles. The van der Waals surface area contributed by atoms with Gasteiger partial charge in [-0.15, -0.1) is 0 Å². The normalized spacial score (nSPS) is 12.1. The molecule has 0 saturated heterocycles. The third kappa shape index (κ3) is 4.59. The van der Waals surface area contributed by atoms with Crippen LogP contribution in [0.15, 0.2) is 73.1 Å². The zero-order valence-corrected chi connectivity index (χ0v) is 19.8. The van der Waals surface area contributed by atoms with E-state index in [0.717, 1.165) is 22.5 Å². The van der Waals surface area contributed by atoms with Crippen molar-refractivity contribution >= 4 is 22.6 Å². The second kappa shape index (κ2) is 9.43. The summed E-state index contributed by atoms with van der Waals surface area (Å²) < 4.78 is 36.0. The summed E-state index contributed by atoms with van der Waals surface area (Å²) in [6, 6.07) is 16.5. The predicted molar refractivity (Wildman–Crippen MR) is 132 cm³/mol. The summed E-state index contributed by atoms with van der Waals surface area (Å²) in [4.78, 5) is 13.1. The van der Waals surface area contributed by atoms with Gasteiger partial charge in [-0.3, -0.25) is 0 Å². The monoisotopic (exact) mass is 490 g/mol. The molecule has 5 rings (SSSR count). The Labute approximate surface area is 206 Å². The molecular weight excluding hydrogens is 470 g/mol. The van der Waals surface area contributed by atoms with E-state index in [1.165, 1.54) is 25.3 Å². The van der Waals surface area contributed by atoms with Crippen molar-refractivity contribution in [2.45, 2.75) is 19.4 Å². The van der Waals surface area contributed by atoms with Crippen LogP contribution in [0, 0.1) is 11.6 Å². The first-order valence-corrected chi connectivity index (χ1v) is 11.4. The van der Waals surface area contributed by atoms with Crippen LogP contribution >= 0.6 is 11.6 Å². The first-order valence-electron chi connectivity index (χ1n) is 11.0. The molecule has 8 heteroatoms. The highest BCUT2D eigenvalue weighted by molar-refractivity contribution is 6.29. The summed E-state index contributed by atoms with van der Waals surface area (Å²) in [6.07, 6.45) is 3.74. The van der Waals surface area contributed by atoms with Crippen molar-refractivity contribution in [3.63, 3.8) is 0 Å². The van der Waals surface area contributed by atoms with E-state index in [2.05, 4.69) is 14.5 Å². The van der Waals surface area contributed by atoms with Crippen molar-refractivity contribution < 1.29 is 13.5 Å². The molecule has 0 aliphatic heterocycles. The van der Waals surface area contributed by atoms with E-state index >= 15 is 4.39 Å². The maximum Gasteiger partial charge on any atom is 0.212 e. The zero-order valence-electron chi connectivity index (χ0n) is 19.0. The van der Waals surface area contributed by atoms with Crippen molar-refractivity contribution in [3.8, 4) is 17.0 Å². The summed E-state index contributed by atoms with van der Waals surface area (Å²) in [6.45, 7) is 2.01. The SMILES string of the molecule is COc1ccc(-c2cc3c(cc2F)nc(Cc2ccc(Cl)nc2)n3[C@@H](C)c2ccc(F)cc2)cn1. The Morgan fingerprint density at radius 2 is 1.77 bits per heavy atom. The Morgan fingerprint density at radius 3 is 2.43 bits per heavy atom. The average Bonchev–Trinajstić information content (AvgIpc) is 3.21. The van der Waals surface area contributed by atoms with Crippen molar-refractivity contribution in [2.75, 3.05) is 7.11 Å². The number of hydrogen-bond donors (Lipinski definition) is 0. The van der Waals surface area contributed by atoms with E-state index in [9.17, 15) is 4.39 Å². The summed E-state index contributed by atoms with van der Waals surface area (Å²) in [5.41, 5.74) is 4.12. The fourth-order valence-corrected chi connectivity index (χ4v) is 4.30. The van der Waals surface area contributed by atoms with Crippen molar-refractivity contribution in [2.24, 2.45) is 0 Å². The second-order valence-electron chi connectivity index (χ2n) is 8.20. The maximum absolute atomic E-state index is 15.2. The molecule has 0 saturated carbocycles. The Bertz CT molecular complexity index is 1480. The van der Waals surface area contributed by atoms with Crippen molar-refractivity contribution in [1.29, 1.82) is 0 Å². The molecule has 0 radical (unpaired) electrons. The van der Waals surface area contributed by atoms with Crippen molar-refractivity contribution in [3.05, 3.63) is 107 Å². The summed E-state index contributed by atoms with van der Waals surface area (Å²) >= 11 is 5.95. The van der Waals surface area contributed by atoms with Gasteiger partial charge in [-0.2, -0.15) is 0 Å². The molecule has 5 aromatic rings. The van der Waals surface area contributed by atoms with Gasteiger partial charge >= 0.3 is 0 Å². The van der Waals surface area contributed by atoms with Gasteiger partial charge in [0.25, 0.3) is 0 Å². The van der Waals surface area contributed by atoms with E-state index < -0.39 is 5.82 Å². The number of halogens is 3. The molecule has 3 heterocycles. The topological polar surface area (TPSA) is 52.8 Å². The number of fused-ring (bicyclic) bond motifs is 1. The van der Waals surface area contributed by atoms with E-state index in [1.807, 2.05) is 13.0 Å². The van der Waals surface area contributed by atoms with Crippen LogP contribution in [0.3, 0.4) is 0 Å². The Morgan fingerprint density at radius 1 is 0.971 bits per heavy atom. The lowest BCUT2D eigenvalue weighted by atomic mass is 10.0. The number of aromatic nitrogens is 4. The van der Waals surface area contributed by atoms with Gasteiger partial charge < -0.3 is 9.30 Å².